The van der Waals surface area contributed by atoms with Gasteiger partial charge in [-0.05, 0) is 19.3 Å². The van der Waals surface area contributed by atoms with Crippen LogP contribution < -0.4 is 10.6 Å². The normalized spacial score (nSPS) is 13.4. The topological polar surface area (TPSA) is 93.7 Å². The van der Waals surface area contributed by atoms with Crippen LogP contribution in [0.15, 0.2) is 0 Å². The molecule has 7 heteroatoms. The number of hydrogen-bond acceptors (Lipinski definition) is 5. The first kappa shape index (κ1) is 17.2. The molecule has 0 aliphatic heterocycles. The minimum atomic E-state index is -0.772. The van der Waals surface area contributed by atoms with Crippen molar-refractivity contribution in [3.63, 3.8) is 0 Å². The van der Waals surface area contributed by atoms with Crippen molar-refractivity contribution in [2.45, 2.75) is 39.3 Å². The van der Waals surface area contributed by atoms with E-state index in [1.807, 2.05) is 13.8 Å². The standard InChI is InChI=1S/C12H22N2O5/c1-7(2)6-9(14-12(17)19-5)10(15)13-8(3)11(16)18-4/h7-9H,6H2,1-5H3,(H,13,15)(H,14,17). The Bertz CT molecular complexity index is 330. The van der Waals surface area contributed by atoms with E-state index in [0.29, 0.717) is 6.42 Å². The van der Waals surface area contributed by atoms with Gasteiger partial charge >= 0.3 is 12.1 Å². The van der Waals surface area contributed by atoms with E-state index in [0.717, 1.165) is 0 Å². The molecule has 0 aromatic heterocycles. The van der Waals surface area contributed by atoms with Gasteiger partial charge in [0.05, 0.1) is 14.2 Å². The van der Waals surface area contributed by atoms with Crippen molar-refractivity contribution in [1.29, 1.82) is 0 Å². The Balaban J connectivity index is 4.61. The number of alkyl carbamates (subject to hydrolysis) is 1. The number of esters is 1. The van der Waals surface area contributed by atoms with Crippen molar-refractivity contribution in [2.24, 2.45) is 5.92 Å². The molecule has 0 aromatic carbocycles. The fraction of sp³-hybridized carbons (Fsp3) is 0.750. The number of carbonyl (C=O) groups excluding carboxylic acids is 3. The summed E-state index contributed by atoms with van der Waals surface area (Å²) in [4.78, 5) is 34.4. The number of methoxy groups -OCH3 is 2. The van der Waals surface area contributed by atoms with Crippen LogP contribution in [0.5, 0.6) is 0 Å². The van der Waals surface area contributed by atoms with E-state index in [1.165, 1.54) is 21.1 Å². The lowest BCUT2D eigenvalue weighted by Crippen LogP contribution is -2.51. The van der Waals surface area contributed by atoms with Gasteiger partial charge in [0.2, 0.25) is 5.91 Å². The van der Waals surface area contributed by atoms with Crippen molar-refractivity contribution in [3.8, 4) is 0 Å². The lowest BCUT2D eigenvalue weighted by atomic mass is 10.0. The Kier molecular flexibility index (Phi) is 7.55. The van der Waals surface area contributed by atoms with Crippen LogP contribution in [0, 0.1) is 5.92 Å². The molecule has 7 nitrogen and oxygen atoms in total. The first-order valence-corrected chi connectivity index (χ1v) is 6.04. The van der Waals surface area contributed by atoms with Crippen molar-refractivity contribution in [3.05, 3.63) is 0 Å². The molecule has 0 aromatic rings. The molecule has 0 radical (unpaired) electrons. The molecule has 2 atom stereocenters. The Labute approximate surface area is 113 Å². The second-order valence-corrected chi connectivity index (χ2v) is 4.57. The largest absolute Gasteiger partial charge is 0.467 e. The summed E-state index contributed by atoms with van der Waals surface area (Å²) in [5.41, 5.74) is 0. The van der Waals surface area contributed by atoms with Crippen LogP contribution >= 0.6 is 0 Å². The minimum Gasteiger partial charge on any atom is -0.467 e. The van der Waals surface area contributed by atoms with Crippen LogP contribution in [0.1, 0.15) is 27.2 Å². The monoisotopic (exact) mass is 274 g/mol. The Morgan fingerprint density at radius 3 is 2.00 bits per heavy atom. The first-order valence-electron chi connectivity index (χ1n) is 6.04. The van der Waals surface area contributed by atoms with E-state index in [1.54, 1.807) is 0 Å². The fourth-order valence-electron chi connectivity index (χ4n) is 1.45. The number of rotatable bonds is 6. The quantitative estimate of drug-likeness (QED) is 0.685. The molecule has 19 heavy (non-hydrogen) atoms. The van der Waals surface area contributed by atoms with E-state index in [4.69, 9.17) is 0 Å². The van der Waals surface area contributed by atoms with Gasteiger partial charge in [-0.1, -0.05) is 13.8 Å². The maximum Gasteiger partial charge on any atom is 0.407 e. The predicted molar refractivity (Wildman–Crippen MR) is 68.4 cm³/mol. The van der Waals surface area contributed by atoms with Crippen LogP contribution in [0.4, 0.5) is 4.79 Å². The van der Waals surface area contributed by atoms with Crippen LogP contribution in [-0.4, -0.2) is 44.3 Å². The third kappa shape index (κ3) is 6.64. The molecular formula is C12H22N2O5. The molecule has 0 aliphatic carbocycles. The Morgan fingerprint density at radius 1 is 1.00 bits per heavy atom. The molecule has 0 aliphatic rings. The van der Waals surface area contributed by atoms with Crippen LogP contribution in [0.25, 0.3) is 0 Å². The van der Waals surface area contributed by atoms with Crippen molar-refractivity contribution in [1.82, 2.24) is 10.6 Å². The molecule has 0 spiro atoms. The highest BCUT2D eigenvalue weighted by Gasteiger charge is 2.25. The molecule has 2 unspecified atom stereocenters. The second-order valence-electron chi connectivity index (χ2n) is 4.57. The summed E-state index contributed by atoms with van der Waals surface area (Å²) in [6, 6.07) is -1.52. The first-order chi connectivity index (χ1) is 8.81. The van der Waals surface area contributed by atoms with Crippen LogP contribution in [0.2, 0.25) is 0 Å². The third-order valence-corrected chi connectivity index (χ3v) is 2.41. The van der Waals surface area contributed by atoms with Crippen molar-refractivity contribution >= 4 is 18.0 Å². The zero-order chi connectivity index (χ0) is 15.0. The number of carbonyl (C=O) groups is 3. The maximum absolute atomic E-state index is 12.0. The molecule has 2 amide bonds. The van der Waals surface area contributed by atoms with Gasteiger partial charge in [-0.25, -0.2) is 9.59 Å². The highest BCUT2D eigenvalue weighted by atomic mass is 16.5. The van der Waals surface area contributed by atoms with E-state index >= 15 is 0 Å². The molecule has 0 saturated heterocycles. The van der Waals surface area contributed by atoms with Gasteiger partial charge in [0.1, 0.15) is 12.1 Å². The van der Waals surface area contributed by atoms with Gasteiger partial charge in [-0.15, -0.1) is 0 Å². The predicted octanol–water partition coefficient (Wildman–Crippen LogP) is 0.435. The second kappa shape index (κ2) is 8.34. The number of hydrogen-bond donors (Lipinski definition) is 2. The fourth-order valence-corrected chi connectivity index (χ4v) is 1.45. The SMILES string of the molecule is COC(=O)NC(CC(C)C)C(=O)NC(C)C(=O)OC. The van der Waals surface area contributed by atoms with Gasteiger partial charge in [-0.3, -0.25) is 4.79 Å². The Hall–Kier alpha value is -1.79. The van der Waals surface area contributed by atoms with E-state index < -0.39 is 30.1 Å². The number of amides is 2. The summed E-state index contributed by atoms with van der Waals surface area (Å²) in [5, 5.41) is 4.92. The zero-order valence-electron chi connectivity index (χ0n) is 12.0. The Morgan fingerprint density at radius 2 is 1.58 bits per heavy atom. The minimum absolute atomic E-state index is 0.196. The summed E-state index contributed by atoms with van der Waals surface area (Å²) in [7, 11) is 2.46. The molecule has 0 bridgehead atoms. The van der Waals surface area contributed by atoms with Gasteiger partial charge in [0.25, 0.3) is 0 Å². The zero-order valence-corrected chi connectivity index (χ0v) is 12.0. The van der Waals surface area contributed by atoms with Gasteiger partial charge < -0.3 is 20.1 Å². The van der Waals surface area contributed by atoms with Gasteiger partial charge in [0, 0.05) is 0 Å². The lowest BCUT2D eigenvalue weighted by molar-refractivity contribution is -0.144. The van der Waals surface area contributed by atoms with Crippen LogP contribution in [-0.2, 0) is 19.1 Å². The molecule has 110 valence electrons. The van der Waals surface area contributed by atoms with Gasteiger partial charge in [0.15, 0.2) is 0 Å². The summed E-state index contributed by atoms with van der Waals surface area (Å²) < 4.78 is 8.97. The average molecular weight is 274 g/mol. The average Bonchev–Trinajstić information content (AvgIpc) is 2.35. The highest BCUT2D eigenvalue weighted by Crippen LogP contribution is 2.05. The summed E-state index contributed by atoms with van der Waals surface area (Å²) in [6.07, 6.45) is -0.249. The summed E-state index contributed by atoms with van der Waals surface area (Å²) in [6.45, 7) is 5.35. The summed E-state index contributed by atoms with van der Waals surface area (Å²) >= 11 is 0. The van der Waals surface area contributed by atoms with Crippen molar-refractivity contribution < 1.29 is 23.9 Å². The maximum atomic E-state index is 12.0. The van der Waals surface area contributed by atoms with E-state index in [9.17, 15) is 14.4 Å². The molecule has 0 saturated carbocycles. The molecular weight excluding hydrogens is 252 g/mol. The lowest BCUT2D eigenvalue weighted by Gasteiger charge is -2.21. The van der Waals surface area contributed by atoms with E-state index in [2.05, 4.69) is 20.1 Å². The molecule has 0 rings (SSSR count). The van der Waals surface area contributed by atoms with Crippen molar-refractivity contribution in [2.75, 3.05) is 14.2 Å². The number of ether oxygens (including phenoxy) is 2. The molecule has 0 fully saturated rings. The highest BCUT2D eigenvalue weighted by molar-refractivity contribution is 5.89. The van der Waals surface area contributed by atoms with Gasteiger partial charge in [-0.2, -0.15) is 0 Å². The molecule has 2 N–H and O–H groups in total. The number of nitrogens with one attached hydrogen (secondary N) is 2. The smallest absolute Gasteiger partial charge is 0.407 e. The summed E-state index contributed by atoms with van der Waals surface area (Å²) in [5.74, 6) is -0.798. The third-order valence-electron chi connectivity index (χ3n) is 2.41. The van der Waals surface area contributed by atoms with E-state index in [-0.39, 0.29) is 5.92 Å². The van der Waals surface area contributed by atoms with Crippen LogP contribution in [0.3, 0.4) is 0 Å². The molecule has 0 heterocycles.